The van der Waals surface area contributed by atoms with Gasteiger partial charge in [-0.3, -0.25) is 4.90 Å². The smallest absolute Gasteiger partial charge is 0.133 e. The zero-order valence-corrected chi connectivity index (χ0v) is 16.4. The van der Waals surface area contributed by atoms with E-state index in [-0.39, 0.29) is 0 Å². The first kappa shape index (κ1) is 18.9. The zero-order valence-electron chi connectivity index (χ0n) is 15.7. The first-order chi connectivity index (χ1) is 13.7. The molecule has 1 aromatic heterocycles. The summed E-state index contributed by atoms with van der Waals surface area (Å²) in [5.41, 5.74) is 7.49. The normalized spacial score (nSPS) is 17.6. The maximum Gasteiger partial charge on any atom is 0.133 e. The van der Waals surface area contributed by atoms with Gasteiger partial charge in [-0.15, -0.1) is 5.10 Å². The van der Waals surface area contributed by atoms with Gasteiger partial charge in [0.05, 0.1) is 17.9 Å². The molecule has 0 aliphatic carbocycles. The highest BCUT2D eigenvalue weighted by atomic mass is 35.5. The number of benzene rings is 2. The highest BCUT2D eigenvalue weighted by Crippen LogP contribution is 2.33. The summed E-state index contributed by atoms with van der Waals surface area (Å²) in [6, 6.07) is 15.9. The summed E-state index contributed by atoms with van der Waals surface area (Å²) in [4.78, 5) is 2.40. The largest absolute Gasteiger partial charge is 0.457 e. The van der Waals surface area contributed by atoms with Gasteiger partial charge in [-0.25, -0.2) is 4.68 Å². The molecule has 1 saturated heterocycles. The van der Waals surface area contributed by atoms with E-state index in [0.717, 1.165) is 60.3 Å². The number of ether oxygens (including phenoxy) is 1. The molecule has 6 nitrogen and oxygen atoms in total. The minimum atomic E-state index is 0.294. The molecule has 2 N–H and O–H groups in total. The number of halogens is 1. The Labute approximate surface area is 169 Å². The Morgan fingerprint density at radius 1 is 1.14 bits per heavy atom. The molecular weight excluding hydrogens is 374 g/mol. The lowest BCUT2D eigenvalue weighted by atomic mass is 10.0. The Morgan fingerprint density at radius 3 is 2.79 bits per heavy atom. The summed E-state index contributed by atoms with van der Waals surface area (Å²) in [5.74, 6) is 1.60. The van der Waals surface area contributed by atoms with Crippen molar-refractivity contribution in [2.75, 3.05) is 13.1 Å². The van der Waals surface area contributed by atoms with Crippen LogP contribution in [-0.2, 0) is 13.1 Å². The van der Waals surface area contributed by atoms with Gasteiger partial charge in [0, 0.05) is 30.2 Å². The lowest BCUT2D eigenvalue weighted by Gasteiger charge is -2.33. The van der Waals surface area contributed by atoms with Gasteiger partial charge in [-0.05, 0) is 43.7 Å². The van der Waals surface area contributed by atoms with Crippen molar-refractivity contribution in [2.24, 2.45) is 5.73 Å². The molecule has 0 radical (unpaired) electrons. The van der Waals surface area contributed by atoms with Crippen LogP contribution in [0.15, 0.2) is 54.7 Å². The van der Waals surface area contributed by atoms with Crippen molar-refractivity contribution in [3.05, 3.63) is 71.0 Å². The van der Waals surface area contributed by atoms with E-state index in [0.29, 0.717) is 12.6 Å². The molecule has 1 atom stereocenters. The summed E-state index contributed by atoms with van der Waals surface area (Å²) in [6.45, 7) is 3.06. The van der Waals surface area contributed by atoms with Crippen LogP contribution in [0.1, 0.15) is 30.1 Å². The van der Waals surface area contributed by atoms with Crippen LogP contribution in [0.5, 0.6) is 11.5 Å². The summed E-state index contributed by atoms with van der Waals surface area (Å²) >= 11 is 6.54. The van der Waals surface area contributed by atoms with Crippen molar-refractivity contribution in [1.29, 1.82) is 0 Å². The Bertz CT molecular complexity index is 914. The predicted molar refractivity (Wildman–Crippen MR) is 109 cm³/mol. The Morgan fingerprint density at radius 2 is 2.00 bits per heavy atom. The molecule has 1 aliphatic rings. The summed E-state index contributed by atoms with van der Waals surface area (Å²) in [5, 5.41) is 9.10. The maximum absolute atomic E-state index is 6.54. The first-order valence-electron chi connectivity index (χ1n) is 9.56. The van der Waals surface area contributed by atoms with E-state index in [2.05, 4.69) is 15.2 Å². The minimum Gasteiger partial charge on any atom is -0.457 e. The molecule has 1 fully saturated rings. The van der Waals surface area contributed by atoms with Gasteiger partial charge >= 0.3 is 0 Å². The standard InChI is InChI=1S/C21H24ClN5O/c22-20-9-4-10-21(28-18-7-2-1-3-8-18)19(20)15-26-11-5-6-17(14-26)27-13-16(12-23)24-25-27/h1-4,7-10,13,17H,5-6,11-12,14-15,23H2. The summed E-state index contributed by atoms with van der Waals surface area (Å²) in [7, 11) is 0. The van der Waals surface area contributed by atoms with Gasteiger partial charge in [0.15, 0.2) is 0 Å². The molecular formula is C21H24ClN5O. The number of para-hydroxylation sites is 1. The number of rotatable bonds is 6. The Hall–Kier alpha value is -2.41. The van der Waals surface area contributed by atoms with E-state index < -0.39 is 0 Å². The number of hydrogen-bond acceptors (Lipinski definition) is 5. The monoisotopic (exact) mass is 397 g/mol. The van der Waals surface area contributed by atoms with Crippen LogP contribution >= 0.6 is 11.6 Å². The minimum absolute atomic E-state index is 0.294. The molecule has 0 saturated carbocycles. The van der Waals surface area contributed by atoms with Crippen LogP contribution in [0, 0.1) is 0 Å². The predicted octanol–water partition coefficient (Wildman–Crippen LogP) is 4.02. The second-order valence-electron chi connectivity index (χ2n) is 7.06. The third kappa shape index (κ3) is 4.35. The van der Waals surface area contributed by atoms with Crippen LogP contribution in [0.4, 0.5) is 0 Å². The van der Waals surface area contributed by atoms with Crippen LogP contribution in [-0.4, -0.2) is 33.0 Å². The number of nitrogens with two attached hydrogens (primary N) is 1. The van der Waals surface area contributed by atoms with Gasteiger partial charge in [0.2, 0.25) is 0 Å². The second kappa shape index (κ2) is 8.73. The SMILES string of the molecule is NCc1cn(C2CCCN(Cc3c(Cl)cccc3Oc3ccccc3)C2)nn1. The molecule has 146 valence electrons. The molecule has 7 heteroatoms. The third-order valence-electron chi connectivity index (χ3n) is 5.05. The molecule has 2 heterocycles. The molecule has 4 rings (SSSR count). The highest BCUT2D eigenvalue weighted by molar-refractivity contribution is 6.31. The fraction of sp³-hybridized carbons (Fsp3) is 0.333. The van der Waals surface area contributed by atoms with Crippen molar-refractivity contribution < 1.29 is 4.74 Å². The number of nitrogens with zero attached hydrogens (tertiary/aromatic N) is 4. The number of piperidine rings is 1. The van der Waals surface area contributed by atoms with Crippen LogP contribution in [0.2, 0.25) is 5.02 Å². The van der Waals surface area contributed by atoms with Gasteiger partial charge in [-0.2, -0.15) is 0 Å². The average molecular weight is 398 g/mol. The first-order valence-corrected chi connectivity index (χ1v) is 9.94. The number of aromatic nitrogens is 3. The molecule has 1 aliphatic heterocycles. The van der Waals surface area contributed by atoms with Crippen molar-refractivity contribution >= 4 is 11.6 Å². The molecule has 0 spiro atoms. The quantitative estimate of drug-likeness (QED) is 0.680. The average Bonchev–Trinajstić information content (AvgIpc) is 3.21. The summed E-state index contributed by atoms with van der Waals surface area (Å²) < 4.78 is 8.06. The van der Waals surface area contributed by atoms with Gasteiger partial charge in [-0.1, -0.05) is 41.1 Å². The van der Waals surface area contributed by atoms with E-state index in [4.69, 9.17) is 22.1 Å². The van der Waals surface area contributed by atoms with Gasteiger partial charge in [0.25, 0.3) is 0 Å². The topological polar surface area (TPSA) is 69.2 Å². The third-order valence-corrected chi connectivity index (χ3v) is 5.40. The van der Waals surface area contributed by atoms with E-state index >= 15 is 0 Å². The Kier molecular flexibility index (Phi) is 5.90. The highest BCUT2D eigenvalue weighted by Gasteiger charge is 2.24. The van der Waals surface area contributed by atoms with E-state index in [1.54, 1.807) is 0 Å². The molecule has 0 amide bonds. The van der Waals surface area contributed by atoms with Gasteiger partial charge < -0.3 is 10.5 Å². The zero-order chi connectivity index (χ0) is 19.3. The van der Waals surface area contributed by atoms with Crippen molar-refractivity contribution in [3.63, 3.8) is 0 Å². The van der Waals surface area contributed by atoms with Crippen LogP contribution < -0.4 is 10.5 Å². The molecule has 2 aromatic carbocycles. The van der Waals surface area contributed by atoms with Crippen LogP contribution in [0.3, 0.4) is 0 Å². The van der Waals surface area contributed by atoms with E-state index in [9.17, 15) is 0 Å². The molecule has 0 bridgehead atoms. The molecule has 28 heavy (non-hydrogen) atoms. The van der Waals surface area contributed by atoms with E-state index in [1.165, 1.54) is 0 Å². The van der Waals surface area contributed by atoms with Crippen molar-refractivity contribution in [3.8, 4) is 11.5 Å². The molecule has 1 unspecified atom stereocenters. The number of hydrogen-bond donors (Lipinski definition) is 1. The van der Waals surface area contributed by atoms with Crippen molar-refractivity contribution in [2.45, 2.75) is 32.0 Å². The fourth-order valence-electron chi connectivity index (χ4n) is 3.60. The van der Waals surface area contributed by atoms with E-state index in [1.807, 2.05) is 59.4 Å². The fourth-order valence-corrected chi connectivity index (χ4v) is 3.83. The van der Waals surface area contributed by atoms with Crippen LogP contribution in [0.25, 0.3) is 0 Å². The summed E-state index contributed by atoms with van der Waals surface area (Å²) in [6.07, 6.45) is 4.13. The maximum atomic E-state index is 6.54. The lowest BCUT2D eigenvalue weighted by molar-refractivity contribution is 0.161. The lowest BCUT2D eigenvalue weighted by Crippen LogP contribution is -2.36. The van der Waals surface area contributed by atoms with Gasteiger partial charge in [0.1, 0.15) is 11.5 Å². The second-order valence-corrected chi connectivity index (χ2v) is 7.46. The number of likely N-dealkylation sites (tertiary alicyclic amines) is 1. The van der Waals surface area contributed by atoms with Crippen molar-refractivity contribution in [1.82, 2.24) is 19.9 Å². The Balaban J connectivity index is 1.50. The molecule has 3 aromatic rings.